The van der Waals surface area contributed by atoms with Crippen molar-refractivity contribution in [2.45, 2.75) is 27.2 Å². The molecular weight excluding hydrogens is 174 g/mol. The average molecular weight is 189 g/mol. The first-order valence-electron chi connectivity index (χ1n) is 4.98. The Balaban J connectivity index is 2.54. The van der Waals surface area contributed by atoms with Gasteiger partial charge in [-0.25, -0.2) is 0 Å². The van der Waals surface area contributed by atoms with E-state index >= 15 is 0 Å². The quantitative estimate of drug-likeness (QED) is 0.612. The minimum absolute atomic E-state index is 0.147. The fourth-order valence-corrected chi connectivity index (χ4v) is 2.21. The van der Waals surface area contributed by atoms with Gasteiger partial charge in [-0.05, 0) is 43.0 Å². The lowest BCUT2D eigenvalue weighted by molar-refractivity contribution is -0.116. The third kappa shape index (κ3) is 1.31. The van der Waals surface area contributed by atoms with E-state index in [4.69, 9.17) is 0 Å². The molecule has 1 aliphatic rings. The van der Waals surface area contributed by atoms with Crippen molar-refractivity contribution in [3.63, 3.8) is 0 Å². The van der Waals surface area contributed by atoms with E-state index in [1.165, 1.54) is 16.7 Å². The second-order valence-corrected chi connectivity index (χ2v) is 4.00. The number of aryl methyl sites for hydroxylation is 2. The second kappa shape index (κ2) is 3.12. The number of carbonyl (C=O) groups excluding carboxylic acids is 1. The van der Waals surface area contributed by atoms with Crippen LogP contribution in [0.5, 0.6) is 0 Å². The zero-order valence-electron chi connectivity index (χ0n) is 8.92. The molecule has 1 heterocycles. The largest absolute Gasteiger partial charge is 0.312 e. The van der Waals surface area contributed by atoms with Gasteiger partial charge in [0.15, 0.2) is 0 Å². The normalized spacial score (nSPS) is 14.4. The molecule has 1 aliphatic heterocycles. The molecule has 0 aliphatic carbocycles. The number of rotatable bonds is 0. The molecule has 0 aromatic heterocycles. The Bertz CT molecular complexity index is 396. The van der Waals surface area contributed by atoms with E-state index < -0.39 is 0 Å². The summed E-state index contributed by atoms with van der Waals surface area (Å²) in [5.41, 5.74) is 5.00. The Hall–Kier alpha value is -1.31. The Kier molecular flexibility index (Phi) is 2.06. The van der Waals surface area contributed by atoms with Gasteiger partial charge in [0.2, 0.25) is 5.91 Å². The summed E-state index contributed by atoms with van der Waals surface area (Å²) < 4.78 is 0. The van der Waals surface area contributed by atoms with Gasteiger partial charge in [-0.15, -0.1) is 0 Å². The summed E-state index contributed by atoms with van der Waals surface area (Å²) >= 11 is 0. The van der Waals surface area contributed by atoms with Crippen molar-refractivity contribution in [2.24, 2.45) is 0 Å². The van der Waals surface area contributed by atoms with Gasteiger partial charge in [-0.2, -0.15) is 0 Å². The van der Waals surface area contributed by atoms with Crippen LogP contribution in [0, 0.1) is 13.8 Å². The van der Waals surface area contributed by atoms with Crippen molar-refractivity contribution in [2.75, 3.05) is 11.4 Å². The molecule has 0 unspecified atom stereocenters. The first-order valence-corrected chi connectivity index (χ1v) is 4.98. The highest BCUT2D eigenvalue weighted by Gasteiger charge is 2.23. The number of carbonyl (C=O) groups is 1. The maximum atomic E-state index is 11.4. The molecule has 1 amide bonds. The molecule has 2 rings (SSSR count). The topological polar surface area (TPSA) is 20.3 Å². The van der Waals surface area contributed by atoms with E-state index in [1.54, 1.807) is 6.92 Å². The fraction of sp³-hybridized carbons (Fsp3) is 0.417. The number of hydrogen-bond acceptors (Lipinski definition) is 1. The van der Waals surface area contributed by atoms with E-state index in [0.29, 0.717) is 0 Å². The van der Waals surface area contributed by atoms with E-state index in [0.717, 1.165) is 18.7 Å². The number of hydrogen-bond donors (Lipinski definition) is 0. The van der Waals surface area contributed by atoms with Crippen LogP contribution >= 0.6 is 0 Å². The number of benzene rings is 1. The Morgan fingerprint density at radius 3 is 2.71 bits per heavy atom. The zero-order chi connectivity index (χ0) is 10.3. The number of anilines is 1. The molecule has 0 saturated heterocycles. The average Bonchev–Trinajstić information content (AvgIpc) is 2.47. The molecule has 0 atom stereocenters. The van der Waals surface area contributed by atoms with E-state index in [9.17, 15) is 4.79 Å². The third-order valence-corrected chi connectivity index (χ3v) is 2.85. The standard InChI is InChI=1S/C12H15NO/c1-8-6-9(2)11-4-5-13(10(3)14)12(11)7-8/h6-7H,4-5H2,1-3H3. The monoisotopic (exact) mass is 189 g/mol. The SMILES string of the molecule is CC(=O)N1CCc2c(C)cc(C)cc21. The first-order chi connectivity index (χ1) is 6.59. The summed E-state index contributed by atoms with van der Waals surface area (Å²) in [6, 6.07) is 4.29. The summed E-state index contributed by atoms with van der Waals surface area (Å²) in [4.78, 5) is 13.2. The maximum Gasteiger partial charge on any atom is 0.223 e. The number of nitrogens with zero attached hydrogens (tertiary/aromatic N) is 1. The predicted molar refractivity (Wildman–Crippen MR) is 57.6 cm³/mol. The lowest BCUT2D eigenvalue weighted by atomic mass is 10.0. The number of amides is 1. The smallest absolute Gasteiger partial charge is 0.223 e. The third-order valence-electron chi connectivity index (χ3n) is 2.85. The Labute approximate surface area is 84.5 Å². The summed E-state index contributed by atoms with van der Waals surface area (Å²) in [7, 11) is 0. The molecular formula is C12H15NO. The van der Waals surface area contributed by atoms with Crippen LogP contribution in [0.2, 0.25) is 0 Å². The van der Waals surface area contributed by atoms with Crippen LogP contribution < -0.4 is 4.90 Å². The minimum Gasteiger partial charge on any atom is -0.312 e. The predicted octanol–water partition coefficient (Wildman–Crippen LogP) is 2.21. The van der Waals surface area contributed by atoms with Crippen LogP contribution in [0.25, 0.3) is 0 Å². The van der Waals surface area contributed by atoms with Crippen LogP contribution in [-0.4, -0.2) is 12.5 Å². The zero-order valence-corrected chi connectivity index (χ0v) is 8.92. The van der Waals surface area contributed by atoms with Crippen molar-refractivity contribution in [1.29, 1.82) is 0 Å². The maximum absolute atomic E-state index is 11.4. The molecule has 74 valence electrons. The van der Waals surface area contributed by atoms with Crippen LogP contribution in [0.4, 0.5) is 5.69 Å². The highest BCUT2D eigenvalue weighted by atomic mass is 16.2. The lowest BCUT2D eigenvalue weighted by Gasteiger charge is -2.15. The van der Waals surface area contributed by atoms with Gasteiger partial charge in [0, 0.05) is 19.2 Å². The molecule has 0 spiro atoms. The van der Waals surface area contributed by atoms with Crippen molar-refractivity contribution in [1.82, 2.24) is 0 Å². The lowest BCUT2D eigenvalue weighted by Crippen LogP contribution is -2.25. The van der Waals surface area contributed by atoms with Gasteiger partial charge < -0.3 is 4.90 Å². The first kappa shape index (κ1) is 9.25. The van der Waals surface area contributed by atoms with Gasteiger partial charge >= 0.3 is 0 Å². The van der Waals surface area contributed by atoms with Crippen LogP contribution in [0.3, 0.4) is 0 Å². The molecule has 1 aromatic rings. The van der Waals surface area contributed by atoms with Crippen LogP contribution in [-0.2, 0) is 11.2 Å². The summed E-state index contributed by atoms with van der Waals surface area (Å²) in [6.45, 7) is 6.67. The molecule has 14 heavy (non-hydrogen) atoms. The molecule has 2 nitrogen and oxygen atoms in total. The highest BCUT2D eigenvalue weighted by Crippen LogP contribution is 2.31. The molecule has 2 heteroatoms. The summed E-state index contributed by atoms with van der Waals surface area (Å²) in [6.07, 6.45) is 1.00. The summed E-state index contributed by atoms with van der Waals surface area (Å²) in [5.74, 6) is 0.147. The fourth-order valence-electron chi connectivity index (χ4n) is 2.21. The molecule has 0 radical (unpaired) electrons. The molecule has 0 saturated carbocycles. The van der Waals surface area contributed by atoms with E-state index in [1.807, 2.05) is 4.90 Å². The van der Waals surface area contributed by atoms with Crippen molar-refractivity contribution >= 4 is 11.6 Å². The second-order valence-electron chi connectivity index (χ2n) is 4.00. The van der Waals surface area contributed by atoms with Crippen molar-refractivity contribution < 1.29 is 4.79 Å². The molecule has 1 aromatic carbocycles. The van der Waals surface area contributed by atoms with Gasteiger partial charge in [0.25, 0.3) is 0 Å². The molecule has 0 fully saturated rings. The van der Waals surface area contributed by atoms with Gasteiger partial charge in [-0.3, -0.25) is 4.79 Å². The van der Waals surface area contributed by atoms with Crippen LogP contribution in [0.1, 0.15) is 23.6 Å². The summed E-state index contributed by atoms with van der Waals surface area (Å²) in [5, 5.41) is 0. The van der Waals surface area contributed by atoms with Gasteiger partial charge in [0.05, 0.1) is 0 Å². The molecule has 0 N–H and O–H groups in total. The Morgan fingerprint density at radius 2 is 2.07 bits per heavy atom. The van der Waals surface area contributed by atoms with Crippen molar-refractivity contribution in [3.05, 3.63) is 28.8 Å². The van der Waals surface area contributed by atoms with Crippen LogP contribution in [0.15, 0.2) is 12.1 Å². The van der Waals surface area contributed by atoms with E-state index in [2.05, 4.69) is 26.0 Å². The van der Waals surface area contributed by atoms with Gasteiger partial charge in [-0.1, -0.05) is 6.07 Å². The molecule has 0 bridgehead atoms. The highest BCUT2D eigenvalue weighted by molar-refractivity contribution is 5.94. The minimum atomic E-state index is 0.147. The Morgan fingerprint density at radius 1 is 1.36 bits per heavy atom. The van der Waals surface area contributed by atoms with Gasteiger partial charge in [0.1, 0.15) is 0 Å². The van der Waals surface area contributed by atoms with E-state index in [-0.39, 0.29) is 5.91 Å². The van der Waals surface area contributed by atoms with Crippen molar-refractivity contribution in [3.8, 4) is 0 Å². The number of fused-ring (bicyclic) bond motifs is 1.